The third-order valence-electron chi connectivity index (χ3n) is 4.48. The van der Waals surface area contributed by atoms with Gasteiger partial charge in [0.15, 0.2) is 0 Å². The van der Waals surface area contributed by atoms with E-state index in [0.29, 0.717) is 11.5 Å². The van der Waals surface area contributed by atoms with Gasteiger partial charge in [-0.3, -0.25) is 4.79 Å². The molecule has 0 unspecified atom stereocenters. The Hall–Kier alpha value is -2.63. The maximum absolute atomic E-state index is 13.0. The lowest BCUT2D eigenvalue weighted by Gasteiger charge is -2.36. The van der Waals surface area contributed by atoms with Gasteiger partial charge in [0.05, 0.1) is 18.7 Å². The molecule has 0 saturated carbocycles. The summed E-state index contributed by atoms with van der Waals surface area (Å²) in [6, 6.07) is 8.03. The number of carbonyl (C=O) groups is 1. The first-order chi connectivity index (χ1) is 12.2. The molecule has 6 heteroatoms. The fourth-order valence-corrected chi connectivity index (χ4v) is 3.22. The lowest BCUT2D eigenvalue weighted by atomic mass is 9.94. The van der Waals surface area contributed by atoms with Crippen LogP contribution in [0.4, 0.5) is 5.95 Å². The Balaban J connectivity index is 1.83. The molecule has 6 nitrogen and oxygen atoms in total. The summed E-state index contributed by atoms with van der Waals surface area (Å²) in [6.45, 7) is 3.47. The minimum atomic E-state index is -0.0180. The Labute approximate surface area is 148 Å². The number of nitrogens with zero attached hydrogens (tertiary/aromatic N) is 3. The second-order valence-electron chi connectivity index (χ2n) is 6.11. The number of piperidine rings is 1. The molecular formula is C19H24N4O2. The van der Waals surface area contributed by atoms with E-state index in [1.165, 1.54) is 0 Å². The smallest absolute Gasteiger partial charge is 0.257 e. The van der Waals surface area contributed by atoms with Crippen LogP contribution in [0.2, 0.25) is 0 Å². The third-order valence-corrected chi connectivity index (χ3v) is 4.48. The van der Waals surface area contributed by atoms with Crippen molar-refractivity contribution in [3.05, 3.63) is 47.8 Å². The van der Waals surface area contributed by atoms with Gasteiger partial charge in [-0.1, -0.05) is 12.1 Å². The van der Waals surface area contributed by atoms with Crippen molar-refractivity contribution in [3.63, 3.8) is 0 Å². The second-order valence-corrected chi connectivity index (χ2v) is 6.11. The summed E-state index contributed by atoms with van der Waals surface area (Å²) in [4.78, 5) is 23.4. The summed E-state index contributed by atoms with van der Waals surface area (Å²) < 4.78 is 5.33. The van der Waals surface area contributed by atoms with E-state index in [1.807, 2.05) is 30.0 Å². The van der Waals surface area contributed by atoms with Crippen LogP contribution in [0.1, 0.15) is 48.1 Å². The normalized spacial score (nSPS) is 17.2. The first-order valence-electron chi connectivity index (χ1n) is 8.73. The number of aromatic nitrogens is 2. The molecule has 2 aromatic rings. The summed E-state index contributed by atoms with van der Waals surface area (Å²) >= 11 is 0. The highest BCUT2D eigenvalue weighted by Crippen LogP contribution is 2.33. The monoisotopic (exact) mass is 340 g/mol. The minimum absolute atomic E-state index is 0.0180. The van der Waals surface area contributed by atoms with Crippen molar-refractivity contribution in [2.24, 2.45) is 0 Å². The van der Waals surface area contributed by atoms with Crippen LogP contribution in [0.25, 0.3) is 0 Å². The predicted octanol–water partition coefficient (Wildman–Crippen LogP) is 3.28. The molecule has 0 bridgehead atoms. The summed E-state index contributed by atoms with van der Waals surface area (Å²) in [5.74, 6) is 1.34. The quantitative estimate of drug-likeness (QED) is 0.905. The van der Waals surface area contributed by atoms with E-state index < -0.39 is 0 Å². The molecule has 1 atom stereocenters. The van der Waals surface area contributed by atoms with Crippen molar-refractivity contribution >= 4 is 11.9 Å². The van der Waals surface area contributed by atoms with Gasteiger partial charge < -0.3 is 15.0 Å². The van der Waals surface area contributed by atoms with Crippen LogP contribution in [0.3, 0.4) is 0 Å². The number of anilines is 1. The van der Waals surface area contributed by atoms with Crippen molar-refractivity contribution in [3.8, 4) is 5.75 Å². The number of benzene rings is 1. The molecule has 1 aromatic carbocycles. The Kier molecular flexibility index (Phi) is 5.48. The van der Waals surface area contributed by atoms with Crippen LogP contribution in [0.5, 0.6) is 5.75 Å². The molecule has 0 aliphatic carbocycles. The summed E-state index contributed by atoms with van der Waals surface area (Å²) in [6.07, 6.45) is 6.29. The highest BCUT2D eigenvalue weighted by molar-refractivity contribution is 5.94. The van der Waals surface area contributed by atoms with Crippen LogP contribution in [0.15, 0.2) is 36.7 Å². The lowest BCUT2D eigenvalue weighted by Crippen LogP contribution is -2.38. The number of likely N-dealkylation sites (tertiary alicyclic amines) is 1. The lowest BCUT2D eigenvalue weighted by molar-refractivity contribution is 0.0610. The van der Waals surface area contributed by atoms with Crippen LogP contribution in [-0.4, -0.2) is 41.0 Å². The Bertz CT molecular complexity index is 718. The number of hydrogen-bond donors (Lipinski definition) is 1. The van der Waals surface area contributed by atoms with Gasteiger partial charge in [-0.05, 0) is 43.9 Å². The number of hydrogen-bond acceptors (Lipinski definition) is 5. The molecule has 1 aromatic heterocycles. The van der Waals surface area contributed by atoms with E-state index in [2.05, 4.69) is 21.4 Å². The first-order valence-corrected chi connectivity index (χ1v) is 8.73. The minimum Gasteiger partial charge on any atom is -0.497 e. The number of methoxy groups -OCH3 is 1. The number of ether oxygens (including phenoxy) is 1. The maximum atomic E-state index is 13.0. The number of rotatable bonds is 5. The van der Waals surface area contributed by atoms with E-state index >= 15 is 0 Å². The molecule has 1 aliphatic rings. The van der Waals surface area contributed by atoms with Crippen molar-refractivity contribution in [1.29, 1.82) is 0 Å². The van der Waals surface area contributed by atoms with Crippen molar-refractivity contribution < 1.29 is 9.53 Å². The largest absolute Gasteiger partial charge is 0.497 e. The highest BCUT2D eigenvalue weighted by Gasteiger charge is 2.29. The van der Waals surface area contributed by atoms with Gasteiger partial charge in [-0.25, -0.2) is 9.97 Å². The van der Waals surface area contributed by atoms with Crippen molar-refractivity contribution in [2.75, 3.05) is 25.5 Å². The fraction of sp³-hybridized carbons (Fsp3) is 0.421. The zero-order chi connectivity index (χ0) is 17.6. The molecular weight excluding hydrogens is 316 g/mol. The van der Waals surface area contributed by atoms with E-state index in [9.17, 15) is 4.79 Å². The summed E-state index contributed by atoms with van der Waals surface area (Å²) in [7, 11) is 1.66. The summed E-state index contributed by atoms with van der Waals surface area (Å²) in [5, 5.41) is 3.04. The van der Waals surface area contributed by atoms with E-state index in [0.717, 1.165) is 43.7 Å². The number of nitrogens with one attached hydrogen (secondary N) is 1. The average Bonchev–Trinajstić information content (AvgIpc) is 2.68. The molecule has 1 saturated heterocycles. The van der Waals surface area contributed by atoms with Crippen LogP contribution in [0, 0.1) is 0 Å². The van der Waals surface area contributed by atoms with Crippen LogP contribution in [-0.2, 0) is 0 Å². The predicted molar refractivity (Wildman–Crippen MR) is 96.8 cm³/mol. The maximum Gasteiger partial charge on any atom is 0.257 e. The van der Waals surface area contributed by atoms with Gasteiger partial charge in [-0.15, -0.1) is 0 Å². The van der Waals surface area contributed by atoms with Crippen LogP contribution < -0.4 is 10.1 Å². The molecule has 1 fully saturated rings. The number of amides is 1. The fourth-order valence-electron chi connectivity index (χ4n) is 3.22. The van der Waals surface area contributed by atoms with Gasteiger partial charge in [0, 0.05) is 25.5 Å². The van der Waals surface area contributed by atoms with Gasteiger partial charge in [-0.2, -0.15) is 0 Å². The van der Waals surface area contributed by atoms with Crippen LogP contribution >= 0.6 is 0 Å². The van der Waals surface area contributed by atoms with Gasteiger partial charge in [0.25, 0.3) is 5.91 Å². The number of carbonyl (C=O) groups excluding carboxylic acids is 1. The third kappa shape index (κ3) is 3.90. The zero-order valence-corrected chi connectivity index (χ0v) is 14.7. The zero-order valence-electron chi connectivity index (χ0n) is 14.7. The molecule has 132 valence electrons. The highest BCUT2D eigenvalue weighted by atomic mass is 16.5. The van der Waals surface area contributed by atoms with Crippen molar-refractivity contribution in [2.45, 2.75) is 32.2 Å². The van der Waals surface area contributed by atoms with Gasteiger partial charge in [0.1, 0.15) is 5.75 Å². The molecule has 1 N–H and O–H groups in total. The molecule has 1 aliphatic heterocycles. The molecule has 0 spiro atoms. The average molecular weight is 340 g/mol. The Morgan fingerprint density at radius 1 is 1.32 bits per heavy atom. The molecule has 2 heterocycles. The molecule has 1 amide bonds. The Morgan fingerprint density at radius 2 is 2.12 bits per heavy atom. The molecule has 25 heavy (non-hydrogen) atoms. The second kappa shape index (κ2) is 7.96. The van der Waals surface area contributed by atoms with E-state index in [1.54, 1.807) is 19.5 Å². The molecule has 3 rings (SSSR count). The SMILES string of the molecule is CCNc1ncc(C(=O)N2CCCC[C@@H]2c2cccc(OC)c2)cn1. The van der Waals surface area contributed by atoms with Gasteiger partial charge >= 0.3 is 0 Å². The van der Waals surface area contributed by atoms with E-state index in [4.69, 9.17) is 4.74 Å². The molecule has 0 radical (unpaired) electrons. The topological polar surface area (TPSA) is 67.4 Å². The van der Waals surface area contributed by atoms with Crippen molar-refractivity contribution in [1.82, 2.24) is 14.9 Å². The van der Waals surface area contributed by atoms with E-state index in [-0.39, 0.29) is 11.9 Å². The van der Waals surface area contributed by atoms with Gasteiger partial charge in [0.2, 0.25) is 5.95 Å². The first kappa shape index (κ1) is 17.2. The standard InChI is InChI=1S/C19H24N4O2/c1-3-20-19-21-12-15(13-22-19)18(24)23-10-5-4-9-17(23)14-7-6-8-16(11-14)25-2/h6-8,11-13,17H,3-5,9-10H2,1-2H3,(H,20,21,22)/t17-/m1/s1. The summed E-state index contributed by atoms with van der Waals surface area (Å²) in [5.41, 5.74) is 1.63. The Morgan fingerprint density at radius 3 is 2.84 bits per heavy atom.